The minimum atomic E-state index is 0.137. The van der Waals surface area contributed by atoms with E-state index in [2.05, 4.69) is 20.8 Å². The van der Waals surface area contributed by atoms with Gasteiger partial charge in [0, 0.05) is 26.2 Å². The summed E-state index contributed by atoms with van der Waals surface area (Å²) in [4.78, 5) is 17.4. The van der Waals surface area contributed by atoms with Crippen LogP contribution in [0.4, 0.5) is 0 Å². The summed E-state index contributed by atoms with van der Waals surface area (Å²) in [6.07, 6.45) is 1.70. The van der Waals surface area contributed by atoms with Crippen LogP contribution >= 0.6 is 27.3 Å². The van der Waals surface area contributed by atoms with Gasteiger partial charge in [-0.25, -0.2) is 0 Å². The Kier molecular flexibility index (Phi) is 4.24. The fraction of sp³-hybridized carbons (Fsp3) is 0.357. The molecule has 3 rings (SSSR count). The fourth-order valence-corrected chi connectivity index (χ4v) is 3.67. The van der Waals surface area contributed by atoms with Crippen LogP contribution in [0.2, 0.25) is 0 Å². The largest absolute Gasteiger partial charge is 0.468 e. The number of halogens is 1. The molecule has 0 spiro atoms. The number of hydrogen-bond donors (Lipinski definition) is 0. The minimum Gasteiger partial charge on any atom is -0.468 e. The Bertz CT molecular complexity index is 574. The first-order chi connectivity index (χ1) is 9.72. The highest BCUT2D eigenvalue weighted by Crippen LogP contribution is 2.23. The maximum atomic E-state index is 12.3. The molecule has 0 saturated carbocycles. The number of carbonyl (C=O) groups is 1. The summed E-state index contributed by atoms with van der Waals surface area (Å²) in [6.45, 7) is 4.14. The summed E-state index contributed by atoms with van der Waals surface area (Å²) < 4.78 is 6.35. The van der Waals surface area contributed by atoms with Gasteiger partial charge < -0.3 is 9.32 Å². The summed E-state index contributed by atoms with van der Waals surface area (Å²) >= 11 is 4.89. The van der Waals surface area contributed by atoms with Crippen molar-refractivity contribution in [3.63, 3.8) is 0 Å². The van der Waals surface area contributed by atoms with Crippen LogP contribution < -0.4 is 0 Å². The van der Waals surface area contributed by atoms with Gasteiger partial charge in [0.15, 0.2) is 0 Å². The standard InChI is InChI=1S/C14H15BrN2O2S/c15-13-4-3-12(20-13)14(18)17-7-5-16(6-8-17)10-11-2-1-9-19-11/h1-4,9H,5-8,10H2. The Hall–Kier alpha value is -1.11. The van der Waals surface area contributed by atoms with Crippen molar-refractivity contribution in [1.82, 2.24) is 9.80 Å². The Balaban J connectivity index is 1.54. The number of rotatable bonds is 3. The molecule has 0 N–H and O–H groups in total. The third-order valence-electron chi connectivity index (χ3n) is 3.40. The highest BCUT2D eigenvalue weighted by Gasteiger charge is 2.23. The first-order valence-corrected chi connectivity index (χ1v) is 8.13. The number of furan rings is 1. The molecule has 1 fully saturated rings. The van der Waals surface area contributed by atoms with Crippen LogP contribution in [0.25, 0.3) is 0 Å². The lowest BCUT2D eigenvalue weighted by Crippen LogP contribution is -2.48. The molecule has 4 nitrogen and oxygen atoms in total. The Morgan fingerprint density at radius 1 is 1.25 bits per heavy atom. The minimum absolute atomic E-state index is 0.137. The van der Waals surface area contributed by atoms with Gasteiger partial charge in [0.1, 0.15) is 5.76 Å². The molecule has 0 aliphatic carbocycles. The van der Waals surface area contributed by atoms with Gasteiger partial charge in [0.05, 0.1) is 21.5 Å². The molecule has 3 heterocycles. The van der Waals surface area contributed by atoms with Crippen molar-refractivity contribution < 1.29 is 9.21 Å². The molecule has 0 radical (unpaired) electrons. The smallest absolute Gasteiger partial charge is 0.264 e. The molecule has 0 unspecified atom stereocenters. The predicted octanol–water partition coefficient (Wildman–Crippen LogP) is 3.06. The average Bonchev–Trinajstić information content (AvgIpc) is 3.10. The van der Waals surface area contributed by atoms with Gasteiger partial charge in [0.2, 0.25) is 0 Å². The molecule has 1 amide bonds. The third kappa shape index (κ3) is 3.13. The second kappa shape index (κ2) is 6.11. The summed E-state index contributed by atoms with van der Waals surface area (Å²) in [7, 11) is 0. The van der Waals surface area contributed by atoms with Crippen molar-refractivity contribution in [3.8, 4) is 0 Å². The van der Waals surface area contributed by atoms with E-state index in [0.29, 0.717) is 0 Å². The van der Waals surface area contributed by atoms with Crippen LogP contribution in [0.5, 0.6) is 0 Å². The normalized spacial score (nSPS) is 16.6. The summed E-state index contributed by atoms with van der Waals surface area (Å²) in [6, 6.07) is 7.70. The van der Waals surface area contributed by atoms with Gasteiger partial charge in [-0.3, -0.25) is 9.69 Å². The zero-order valence-electron chi connectivity index (χ0n) is 10.9. The molecule has 0 bridgehead atoms. The van der Waals surface area contributed by atoms with Gasteiger partial charge in [-0.2, -0.15) is 0 Å². The van der Waals surface area contributed by atoms with Crippen LogP contribution in [-0.4, -0.2) is 41.9 Å². The average molecular weight is 355 g/mol. The van der Waals surface area contributed by atoms with Crippen LogP contribution in [-0.2, 0) is 6.54 Å². The maximum absolute atomic E-state index is 12.3. The van der Waals surface area contributed by atoms with E-state index in [0.717, 1.165) is 47.1 Å². The monoisotopic (exact) mass is 354 g/mol. The van der Waals surface area contributed by atoms with Gasteiger partial charge in [-0.15, -0.1) is 11.3 Å². The Morgan fingerprint density at radius 2 is 2.05 bits per heavy atom. The van der Waals surface area contributed by atoms with Gasteiger partial charge >= 0.3 is 0 Å². The lowest BCUT2D eigenvalue weighted by molar-refractivity contribution is 0.0625. The highest BCUT2D eigenvalue weighted by molar-refractivity contribution is 9.11. The van der Waals surface area contributed by atoms with Crippen molar-refractivity contribution in [2.24, 2.45) is 0 Å². The Morgan fingerprint density at radius 3 is 2.65 bits per heavy atom. The molecule has 1 saturated heterocycles. The SMILES string of the molecule is O=C(c1ccc(Br)s1)N1CCN(Cc2ccco2)CC1. The quantitative estimate of drug-likeness (QED) is 0.849. The van der Waals surface area contributed by atoms with Crippen molar-refractivity contribution in [3.05, 3.63) is 45.0 Å². The maximum Gasteiger partial charge on any atom is 0.264 e. The van der Waals surface area contributed by atoms with Crippen LogP contribution in [0.15, 0.2) is 38.7 Å². The van der Waals surface area contributed by atoms with Crippen LogP contribution in [0.1, 0.15) is 15.4 Å². The number of thiophene rings is 1. The molecule has 0 atom stereocenters. The first-order valence-electron chi connectivity index (χ1n) is 6.52. The number of nitrogens with zero attached hydrogens (tertiary/aromatic N) is 2. The Labute approximate surface area is 130 Å². The highest BCUT2D eigenvalue weighted by atomic mass is 79.9. The van der Waals surface area contributed by atoms with E-state index in [4.69, 9.17) is 4.42 Å². The second-order valence-corrected chi connectivity index (χ2v) is 7.21. The van der Waals surface area contributed by atoms with Crippen LogP contribution in [0.3, 0.4) is 0 Å². The van der Waals surface area contributed by atoms with E-state index in [9.17, 15) is 4.79 Å². The van der Waals surface area contributed by atoms with Crippen LogP contribution in [0, 0.1) is 0 Å². The van der Waals surface area contributed by atoms with E-state index in [1.54, 1.807) is 6.26 Å². The molecule has 1 aliphatic heterocycles. The topological polar surface area (TPSA) is 36.7 Å². The summed E-state index contributed by atoms with van der Waals surface area (Å²) in [5, 5.41) is 0. The lowest BCUT2D eigenvalue weighted by atomic mass is 10.2. The van der Waals surface area contributed by atoms with E-state index in [-0.39, 0.29) is 5.91 Å². The summed E-state index contributed by atoms with van der Waals surface area (Å²) in [5.41, 5.74) is 0. The fourth-order valence-electron chi connectivity index (χ4n) is 2.32. The number of piperazine rings is 1. The molecule has 106 valence electrons. The van der Waals surface area contributed by atoms with Gasteiger partial charge in [0.25, 0.3) is 5.91 Å². The predicted molar refractivity (Wildman–Crippen MR) is 81.9 cm³/mol. The molecule has 6 heteroatoms. The zero-order valence-corrected chi connectivity index (χ0v) is 13.3. The van der Waals surface area contributed by atoms with Gasteiger partial charge in [-0.1, -0.05) is 0 Å². The molecular formula is C14H15BrN2O2S. The van der Waals surface area contributed by atoms with Crippen molar-refractivity contribution in [2.45, 2.75) is 6.54 Å². The van der Waals surface area contributed by atoms with Crippen molar-refractivity contribution in [2.75, 3.05) is 26.2 Å². The van der Waals surface area contributed by atoms with E-state index in [1.807, 2.05) is 29.2 Å². The van der Waals surface area contributed by atoms with Crippen molar-refractivity contribution >= 4 is 33.2 Å². The summed E-state index contributed by atoms with van der Waals surface area (Å²) in [5.74, 6) is 1.12. The number of amides is 1. The lowest BCUT2D eigenvalue weighted by Gasteiger charge is -2.34. The second-order valence-electron chi connectivity index (χ2n) is 4.75. The van der Waals surface area contributed by atoms with Crippen molar-refractivity contribution in [1.29, 1.82) is 0 Å². The number of carbonyl (C=O) groups excluding carboxylic acids is 1. The third-order valence-corrected chi connectivity index (χ3v) is 5.01. The molecular weight excluding hydrogens is 340 g/mol. The zero-order chi connectivity index (χ0) is 13.9. The molecule has 0 aromatic carbocycles. The molecule has 2 aromatic heterocycles. The van der Waals surface area contributed by atoms with E-state index in [1.165, 1.54) is 11.3 Å². The van der Waals surface area contributed by atoms with E-state index < -0.39 is 0 Å². The first kappa shape index (κ1) is 13.9. The molecule has 20 heavy (non-hydrogen) atoms. The van der Waals surface area contributed by atoms with E-state index >= 15 is 0 Å². The molecule has 1 aliphatic rings. The molecule has 2 aromatic rings. The number of hydrogen-bond acceptors (Lipinski definition) is 4. The van der Waals surface area contributed by atoms with Gasteiger partial charge in [-0.05, 0) is 40.2 Å².